The fourth-order valence-corrected chi connectivity index (χ4v) is 3.15. The van der Waals surface area contributed by atoms with Crippen molar-refractivity contribution < 1.29 is 38.8 Å². The standard InChI is InChI=1S/C9H8F5N5O4S2/c10-4-3(5(11)7(13)8(14)6(4)12)1-9(24(15,20)21)17-2-19(18-9)25(16,22)23/h2,18H,1H2,(H2,15,20,21)(H2,16,22,23). The predicted molar refractivity (Wildman–Crippen MR) is 72.3 cm³/mol. The number of sulfonamides is 1. The highest BCUT2D eigenvalue weighted by Gasteiger charge is 2.49. The maximum absolute atomic E-state index is 13.8. The normalized spacial score (nSPS) is 21.2. The summed E-state index contributed by atoms with van der Waals surface area (Å²) in [6.07, 6.45) is -1.22. The first-order valence-electron chi connectivity index (χ1n) is 5.89. The van der Waals surface area contributed by atoms with E-state index in [4.69, 9.17) is 10.3 Å². The zero-order valence-corrected chi connectivity index (χ0v) is 13.3. The van der Waals surface area contributed by atoms with Crippen LogP contribution in [0.25, 0.3) is 0 Å². The highest BCUT2D eigenvalue weighted by Crippen LogP contribution is 2.30. The van der Waals surface area contributed by atoms with Gasteiger partial charge in [-0.25, -0.2) is 45.6 Å². The number of rotatable bonds is 4. The topological polar surface area (TPSA) is 148 Å². The third-order valence-corrected chi connectivity index (χ3v) is 5.13. The van der Waals surface area contributed by atoms with Crippen LogP contribution < -0.4 is 15.7 Å². The van der Waals surface area contributed by atoms with E-state index < -0.39 is 66.3 Å². The number of aliphatic imine (C=N–C) groups is 1. The van der Waals surface area contributed by atoms with E-state index in [-0.39, 0.29) is 4.41 Å². The molecular formula is C9H8F5N5O4S2. The maximum Gasteiger partial charge on any atom is 0.313 e. The number of hydrogen-bond acceptors (Lipinski definition) is 6. The number of nitrogens with one attached hydrogen (secondary N) is 1. The van der Waals surface area contributed by atoms with Crippen LogP contribution in [0.1, 0.15) is 5.56 Å². The van der Waals surface area contributed by atoms with Gasteiger partial charge >= 0.3 is 10.2 Å². The monoisotopic (exact) mass is 409 g/mol. The molecular weight excluding hydrogens is 401 g/mol. The van der Waals surface area contributed by atoms with E-state index >= 15 is 0 Å². The molecule has 1 aliphatic rings. The van der Waals surface area contributed by atoms with Crippen LogP contribution >= 0.6 is 0 Å². The molecule has 1 aromatic rings. The molecule has 16 heteroatoms. The Bertz CT molecular complexity index is 954. The van der Waals surface area contributed by atoms with Gasteiger partial charge in [-0.3, -0.25) is 0 Å². The van der Waals surface area contributed by atoms with Crippen LogP contribution in [0.3, 0.4) is 0 Å². The van der Waals surface area contributed by atoms with Gasteiger partial charge in [0.1, 0.15) is 6.34 Å². The second-order valence-electron chi connectivity index (χ2n) is 4.75. The minimum atomic E-state index is -4.97. The molecule has 0 amide bonds. The van der Waals surface area contributed by atoms with Crippen molar-refractivity contribution in [3.63, 3.8) is 0 Å². The third-order valence-electron chi connectivity index (χ3n) is 3.12. The predicted octanol–water partition coefficient (Wildman–Crippen LogP) is -1.08. The largest absolute Gasteiger partial charge is 0.313 e. The van der Waals surface area contributed by atoms with Gasteiger partial charge in [-0.2, -0.15) is 18.3 Å². The summed E-state index contributed by atoms with van der Waals surface area (Å²) in [5.74, 6) is -11.8. The van der Waals surface area contributed by atoms with Crippen molar-refractivity contribution in [2.75, 3.05) is 0 Å². The van der Waals surface area contributed by atoms with Gasteiger partial charge in [0, 0.05) is 12.0 Å². The van der Waals surface area contributed by atoms with E-state index in [1.165, 1.54) is 0 Å². The van der Waals surface area contributed by atoms with Crippen molar-refractivity contribution in [2.24, 2.45) is 15.3 Å². The van der Waals surface area contributed by atoms with Crippen LogP contribution in [0.5, 0.6) is 0 Å². The average Bonchev–Trinajstić information content (AvgIpc) is 2.93. The third kappa shape index (κ3) is 3.17. The van der Waals surface area contributed by atoms with Crippen LogP contribution in [0, 0.1) is 29.1 Å². The zero-order chi connectivity index (χ0) is 19.4. The second-order valence-corrected chi connectivity index (χ2v) is 7.94. The first-order valence-corrected chi connectivity index (χ1v) is 8.94. The molecule has 0 aromatic heterocycles. The van der Waals surface area contributed by atoms with Crippen LogP contribution in [-0.4, -0.2) is 32.6 Å². The number of hydrazine groups is 1. The van der Waals surface area contributed by atoms with Crippen LogP contribution in [0.4, 0.5) is 22.0 Å². The van der Waals surface area contributed by atoms with E-state index in [0.29, 0.717) is 6.34 Å². The number of nitrogens with two attached hydrogens (primary N) is 2. The molecule has 0 bridgehead atoms. The molecule has 9 nitrogen and oxygen atoms in total. The molecule has 0 radical (unpaired) electrons. The summed E-state index contributed by atoms with van der Waals surface area (Å²) >= 11 is 0. The van der Waals surface area contributed by atoms with Crippen molar-refractivity contribution >= 4 is 26.6 Å². The van der Waals surface area contributed by atoms with Gasteiger partial charge in [-0.05, 0) is 0 Å². The van der Waals surface area contributed by atoms with Gasteiger partial charge in [0.15, 0.2) is 23.3 Å². The SMILES string of the molecule is NS(=O)(=O)N1C=NC(Cc2c(F)c(F)c(F)c(F)c2F)(S(N)(=O)=O)N1. The summed E-state index contributed by atoms with van der Waals surface area (Å²) in [6, 6.07) is 0. The Hall–Kier alpha value is -1.88. The van der Waals surface area contributed by atoms with Crippen LogP contribution in [0.2, 0.25) is 0 Å². The molecule has 0 fully saturated rings. The fourth-order valence-electron chi connectivity index (χ4n) is 1.87. The molecule has 1 unspecified atom stereocenters. The summed E-state index contributed by atoms with van der Waals surface area (Å²) in [4.78, 5) is 0.217. The number of halogens is 5. The molecule has 25 heavy (non-hydrogen) atoms. The Labute approximate surface area is 137 Å². The Morgan fingerprint density at radius 3 is 1.76 bits per heavy atom. The molecule has 1 atom stereocenters. The molecule has 0 aliphatic carbocycles. The number of benzene rings is 1. The smallest absolute Gasteiger partial charge is 0.232 e. The molecule has 0 saturated carbocycles. The number of primary sulfonamides is 1. The van der Waals surface area contributed by atoms with Crippen molar-refractivity contribution in [3.05, 3.63) is 34.6 Å². The Balaban J connectivity index is 2.62. The van der Waals surface area contributed by atoms with Crippen LogP contribution in [0.15, 0.2) is 4.99 Å². The molecule has 140 valence electrons. The summed E-state index contributed by atoms with van der Waals surface area (Å²) < 4.78 is 113. The van der Waals surface area contributed by atoms with Crippen molar-refractivity contribution in [3.8, 4) is 0 Å². The Morgan fingerprint density at radius 2 is 1.40 bits per heavy atom. The quantitative estimate of drug-likeness (QED) is 0.329. The van der Waals surface area contributed by atoms with Gasteiger partial charge in [0.25, 0.3) is 10.0 Å². The molecule has 0 spiro atoms. The van der Waals surface area contributed by atoms with E-state index in [1.807, 2.05) is 0 Å². The van der Waals surface area contributed by atoms with E-state index in [0.717, 1.165) is 0 Å². The first kappa shape index (κ1) is 19.4. The number of hydrogen-bond donors (Lipinski definition) is 3. The van der Waals surface area contributed by atoms with Gasteiger partial charge < -0.3 is 0 Å². The van der Waals surface area contributed by atoms with Crippen molar-refractivity contribution in [1.82, 2.24) is 9.84 Å². The minimum absolute atomic E-state index is 0.0521. The number of nitrogens with zero attached hydrogens (tertiary/aromatic N) is 2. The summed E-state index contributed by atoms with van der Waals surface area (Å²) in [7, 11) is -9.58. The Kier molecular flexibility index (Phi) is 4.54. The molecule has 1 aliphatic heterocycles. The molecule has 2 rings (SSSR count). The average molecular weight is 409 g/mol. The molecule has 1 heterocycles. The highest BCUT2D eigenvalue weighted by molar-refractivity contribution is 7.90. The first-order chi connectivity index (χ1) is 11.2. The lowest BCUT2D eigenvalue weighted by atomic mass is 10.1. The molecule has 5 N–H and O–H groups in total. The lowest BCUT2D eigenvalue weighted by molar-refractivity contribution is 0.337. The summed E-state index contributed by atoms with van der Waals surface area (Å²) in [5.41, 5.74) is 0.0766. The van der Waals surface area contributed by atoms with Gasteiger partial charge in [0.05, 0.1) is 0 Å². The highest BCUT2D eigenvalue weighted by atomic mass is 32.2. The second kappa shape index (κ2) is 5.84. The maximum atomic E-state index is 13.8. The molecule has 1 aromatic carbocycles. The summed E-state index contributed by atoms with van der Waals surface area (Å²) in [6.45, 7) is 0. The van der Waals surface area contributed by atoms with Crippen LogP contribution in [-0.2, 0) is 26.7 Å². The lowest BCUT2D eigenvalue weighted by Crippen LogP contribution is -2.58. The van der Waals surface area contributed by atoms with Gasteiger partial charge in [-0.1, -0.05) is 0 Å². The summed E-state index contributed by atoms with van der Waals surface area (Å²) in [5, 5.41) is 9.58. The van der Waals surface area contributed by atoms with Crippen molar-refractivity contribution in [1.29, 1.82) is 0 Å². The van der Waals surface area contributed by atoms with E-state index in [2.05, 4.69) is 4.99 Å². The lowest BCUT2D eigenvalue weighted by Gasteiger charge is -2.26. The minimum Gasteiger partial charge on any atom is -0.232 e. The van der Waals surface area contributed by atoms with Crippen molar-refractivity contribution in [2.45, 2.75) is 11.4 Å². The van der Waals surface area contributed by atoms with Gasteiger partial charge in [-0.15, -0.1) is 0 Å². The van der Waals surface area contributed by atoms with E-state index in [9.17, 15) is 38.8 Å². The zero-order valence-electron chi connectivity index (χ0n) is 11.7. The molecule has 0 saturated heterocycles. The fraction of sp³-hybridized carbons (Fsp3) is 0.222. The Morgan fingerprint density at radius 1 is 0.960 bits per heavy atom. The van der Waals surface area contributed by atoms with Gasteiger partial charge in [0.2, 0.25) is 10.8 Å². The van der Waals surface area contributed by atoms with E-state index in [1.54, 1.807) is 5.43 Å².